The lowest BCUT2D eigenvalue weighted by atomic mass is 9.88. The molecule has 0 aliphatic rings. The van der Waals surface area contributed by atoms with Crippen LogP contribution in [0.25, 0.3) is 0 Å². The summed E-state index contributed by atoms with van der Waals surface area (Å²) in [6.07, 6.45) is 4.16. The number of anilines is 1. The number of rotatable bonds is 7. The fraction of sp³-hybridized carbons (Fsp3) is 0.105. The van der Waals surface area contributed by atoms with Gasteiger partial charge in [0.2, 0.25) is 5.78 Å². The van der Waals surface area contributed by atoms with Gasteiger partial charge in [-0.2, -0.15) is 0 Å². The molecule has 2 amide bonds. The largest absolute Gasteiger partial charge is 0.364 e. The number of carbonyl (C=O) groups is 3. The zero-order chi connectivity index (χ0) is 19.2. The first-order valence-electron chi connectivity index (χ1n) is 8.09. The summed E-state index contributed by atoms with van der Waals surface area (Å²) >= 11 is 0. The van der Waals surface area contributed by atoms with Crippen LogP contribution in [0.3, 0.4) is 0 Å². The number of pyridine rings is 1. The minimum absolute atomic E-state index is 0.166. The number of hydrogen-bond acceptors (Lipinski definition) is 6. The second kappa shape index (κ2) is 8.05. The molecule has 0 spiro atoms. The topological polar surface area (TPSA) is 128 Å². The average molecular weight is 364 g/mol. The van der Waals surface area contributed by atoms with Crippen LogP contribution in [0.15, 0.2) is 65.6 Å². The van der Waals surface area contributed by atoms with Gasteiger partial charge in [-0.3, -0.25) is 14.4 Å². The maximum Gasteiger partial charge on any atom is 0.285 e. The van der Waals surface area contributed by atoms with Crippen LogP contribution >= 0.6 is 0 Å². The van der Waals surface area contributed by atoms with Crippen molar-refractivity contribution in [3.8, 4) is 0 Å². The van der Waals surface area contributed by atoms with E-state index in [1.165, 1.54) is 18.7 Å². The fourth-order valence-electron chi connectivity index (χ4n) is 2.67. The van der Waals surface area contributed by atoms with E-state index < -0.39 is 23.5 Å². The molecule has 8 heteroatoms. The quantitative estimate of drug-likeness (QED) is 0.614. The standard InChI is InChI=1S/C19H16N4O4/c20-17(25)16(24)15(9-12-5-2-1-3-6-12)14-7-4-8-21-18(14)23-19(26)13-10-22-27-11-13/h1-8,10-11,15H,9H2,(H2,20,25)(H,21,23,26)/t15-/m0/s1. The Labute approximate surface area is 154 Å². The van der Waals surface area contributed by atoms with Crippen molar-refractivity contribution in [1.82, 2.24) is 10.1 Å². The first kappa shape index (κ1) is 18.0. The Balaban J connectivity index is 1.95. The highest BCUT2D eigenvalue weighted by atomic mass is 16.5. The second-order valence-electron chi connectivity index (χ2n) is 5.78. The fourth-order valence-corrected chi connectivity index (χ4v) is 2.67. The lowest BCUT2D eigenvalue weighted by Gasteiger charge is -2.18. The van der Waals surface area contributed by atoms with Crippen LogP contribution in [0.1, 0.15) is 27.4 Å². The number of nitrogens with one attached hydrogen (secondary N) is 1. The van der Waals surface area contributed by atoms with Gasteiger partial charge in [0.15, 0.2) is 0 Å². The summed E-state index contributed by atoms with van der Waals surface area (Å²) in [6, 6.07) is 12.4. The van der Waals surface area contributed by atoms with Crippen molar-refractivity contribution < 1.29 is 18.9 Å². The van der Waals surface area contributed by atoms with Crippen molar-refractivity contribution in [2.24, 2.45) is 5.73 Å². The normalized spacial score (nSPS) is 11.6. The van der Waals surface area contributed by atoms with Gasteiger partial charge in [0.1, 0.15) is 12.1 Å². The van der Waals surface area contributed by atoms with Crippen LogP contribution in [0, 0.1) is 0 Å². The number of carbonyl (C=O) groups excluding carboxylic acids is 3. The monoisotopic (exact) mass is 364 g/mol. The highest BCUT2D eigenvalue weighted by Gasteiger charge is 2.28. The van der Waals surface area contributed by atoms with Gasteiger partial charge in [-0.1, -0.05) is 41.6 Å². The highest BCUT2D eigenvalue weighted by molar-refractivity contribution is 6.37. The molecular formula is C19H16N4O4. The smallest absolute Gasteiger partial charge is 0.285 e. The molecule has 0 radical (unpaired) electrons. The van der Waals surface area contributed by atoms with Crippen LogP contribution in [0.4, 0.5) is 5.82 Å². The molecule has 3 aromatic rings. The molecule has 0 fully saturated rings. The van der Waals surface area contributed by atoms with Crippen LogP contribution in [-0.4, -0.2) is 27.7 Å². The minimum atomic E-state index is -1.05. The number of nitrogens with zero attached hydrogens (tertiary/aromatic N) is 2. The zero-order valence-corrected chi connectivity index (χ0v) is 14.2. The van der Waals surface area contributed by atoms with E-state index >= 15 is 0 Å². The van der Waals surface area contributed by atoms with E-state index in [0.29, 0.717) is 5.56 Å². The van der Waals surface area contributed by atoms with Gasteiger partial charge < -0.3 is 15.6 Å². The van der Waals surface area contributed by atoms with E-state index in [4.69, 9.17) is 5.73 Å². The summed E-state index contributed by atoms with van der Waals surface area (Å²) in [5, 5.41) is 6.10. The van der Waals surface area contributed by atoms with Gasteiger partial charge >= 0.3 is 0 Å². The van der Waals surface area contributed by atoms with Gasteiger partial charge in [-0.25, -0.2) is 4.98 Å². The van der Waals surface area contributed by atoms with Crippen molar-refractivity contribution in [3.63, 3.8) is 0 Å². The highest BCUT2D eigenvalue weighted by Crippen LogP contribution is 2.27. The van der Waals surface area contributed by atoms with E-state index in [9.17, 15) is 14.4 Å². The van der Waals surface area contributed by atoms with Gasteiger partial charge in [-0.15, -0.1) is 0 Å². The molecular weight excluding hydrogens is 348 g/mol. The van der Waals surface area contributed by atoms with E-state index in [-0.39, 0.29) is 17.8 Å². The molecule has 0 bridgehead atoms. The summed E-state index contributed by atoms with van der Waals surface area (Å²) in [4.78, 5) is 40.5. The zero-order valence-electron chi connectivity index (χ0n) is 14.2. The maximum atomic E-state index is 12.5. The molecule has 1 atom stereocenters. The van der Waals surface area contributed by atoms with Crippen molar-refractivity contribution in [3.05, 3.63) is 77.8 Å². The number of Topliss-reactive ketones (excluding diaryl/α,β-unsaturated/α-hetero) is 1. The first-order valence-corrected chi connectivity index (χ1v) is 8.09. The van der Waals surface area contributed by atoms with Crippen molar-refractivity contribution >= 4 is 23.4 Å². The van der Waals surface area contributed by atoms with Gasteiger partial charge in [0.25, 0.3) is 11.8 Å². The first-order chi connectivity index (χ1) is 13.1. The third kappa shape index (κ3) is 4.24. The van der Waals surface area contributed by atoms with Gasteiger partial charge in [0.05, 0.1) is 17.7 Å². The molecule has 1 aromatic carbocycles. The molecule has 8 nitrogen and oxygen atoms in total. The molecule has 3 N–H and O–H groups in total. The number of primary amides is 1. The molecule has 0 saturated heterocycles. The predicted octanol–water partition coefficient (Wildman–Crippen LogP) is 1.70. The van der Waals surface area contributed by atoms with Gasteiger partial charge in [-0.05, 0) is 18.1 Å². The molecule has 0 saturated carbocycles. The Hall–Kier alpha value is -3.81. The maximum absolute atomic E-state index is 12.5. The summed E-state index contributed by atoms with van der Waals surface area (Å²) in [6.45, 7) is 0. The number of ketones is 1. The predicted molar refractivity (Wildman–Crippen MR) is 95.8 cm³/mol. The summed E-state index contributed by atoms with van der Waals surface area (Å²) in [5.74, 6) is -3.01. The van der Waals surface area contributed by atoms with E-state index in [2.05, 4.69) is 20.0 Å². The molecule has 136 valence electrons. The third-order valence-corrected chi connectivity index (χ3v) is 3.98. The number of nitrogens with two attached hydrogens (primary N) is 1. The molecule has 2 aromatic heterocycles. The third-order valence-electron chi connectivity index (χ3n) is 3.98. The summed E-state index contributed by atoms with van der Waals surface area (Å²) in [7, 11) is 0. The van der Waals surface area contributed by atoms with Crippen molar-refractivity contribution in [2.45, 2.75) is 12.3 Å². The number of benzene rings is 1. The number of aromatic nitrogens is 2. The minimum Gasteiger partial charge on any atom is -0.364 e. The number of amides is 2. The Morgan fingerprint density at radius 3 is 2.56 bits per heavy atom. The molecule has 2 heterocycles. The van der Waals surface area contributed by atoms with Crippen LogP contribution in [-0.2, 0) is 16.0 Å². The van der Waals surface area contributed by atoms with E-state index in [0.717, 1.165) is 5.56 Å². The van der Waals surface area contributed by atoms with Crippen molar-refractivity contribution in [1.29, 1.82) is 0 Å². The van der Waals surface area contributed by atoms with Crippen LogP contribution in [0.5, 0.6) is 0 Å². The number of hydrogen-bond donors (Lipinski definition) is 2. The van der Waals surface area contributed by atoms with Crippen LogP contribution < -0.4 is 11.1 Å². The lowest BCUT2D eigenvalue weighted by Crippen LogP contribution is -2.31. The summed E-state index contributed by atoms with van der Waals surface area (Å²) in [5.41, 5.74) is 6.68. The Morgan fingerprint density at radius 1 is 1.11 bits per heavy atom. The molecule has 0 unspecified atom stereocenters. The SMILES string of the molecule is NC(=O)C(=O)[C@@H](Cc1ccccc1)c1cccnc1NC(=O)c1cnoc1. The molecule has 0 aliphatic carbocycles. The van der Waals surface area contributed by atoms with Gasteiger partial charge in [0, 0.05) is 11.8 Å². The Morgan fingerprint density at radius 2 is 1.89 bits per heavy atom. The van der Waals surface area contributed by atoms with E-state index in [1.807, 2.05) is 30.3 Å². The average Bonchev–Trinajstić information content (AvgIpc) is 3.22. The Bertz CT molecular complexity index is 955. The Kier molecular flexibility index (Phi) is 5.36. The van der Waals surface area contributed by atoms with E-state index in [1.54, 1.807) is 12.1 Å². The molecule has 0 aliphatic heterocycles. The van der Waals surface area contributed by atoms with Crippen molar-refractivity contribution in [2.75, 3.05) is 5.32 Å². The molecule has 3 rings (SSSR count). The molecule has 27 heavy (non-hydrogen) atoms. The van der Waals surface area contributed by atoms with Crippen LogP contribution in [0.2, 0.25) is 0 Å². The summed E-state index contributed by atoms with van der Waals surface area (Å²) < 4.78 is 4.65. The second-order valence-corrected chi connectivity index (χ2v) is 5.78. The lowest BCUT2D eigenvalue weighted by molar-refractivity contribution is -0.136.